The summed E-state index contributed by atoms with van der Waals surface area (Å²) in [6, 6.07) is -2.46. The average Bonchev–Trinajstić information content (AvgIpc) is 0.766. The summed E-state index contributed by atoms with van der Waals surface area (Å²) >= 11 is 14.2. The summed E-state index contributed by atoms with van der Waals surface area (Å²) in [5.41, 5.74) is 7.15. The van der Waals surface area contributed by atoms with E-state index in [2.05, 4.69) is 37.2 Å². The van der Waals surface area contributed by atoms with E-state index in [1.165, 1.54) is 27.0 Å². The Morgan fingerprint density at radius 1 is 0.712 bits per heavy atom. The molecule has 8 amide bonds. The number of likely N-dealkylation sites (N-methyl/N-ethyl adjacent to an activating group) is 1. The smallest absolute Gasteiger partial charge is 0.410 e. The number of phenols is 3. The van der Waals surface area contributed by atoms with E-state index in [4.69, 9.17) is 72.6 Å². The van der Waals surface area contributed by atoms with Crippen molar-refractivity contribution in [3.05, 3.63) is 117 Å². The zero-order valence-electron chi connectivity index (χ0n) is 62.7. The highest BCUT2D eigenvalue weighted by molar-refractivity contribution is 7.72. The minimum atomic E-state index is -6.02. The second-order valence-electron chi connectivity index (χ2n) is 28.9. The van der Waals surface area contributed by atoms with Crippen molar-refractivity contribution >= 4 is 91.8 Å². The largest absolute Gasteiger partial charge is 0.508 e. The molecule has 7 aliphatic rings. The van der Waals surface area contributed by atoms with Crippen LogP contribution < -0.4 is 68.2 Å². The third kappa shape index (κ3) is 19.9. The molecule has 18 atom stereocenters. The van der Waals surface area contributed by atoms with Crippen molar-refractivity contribution in [1.82, 2.24) is 42.5 Å². The number of amides is 8. The Morgan fingerprint density at radius 2 is 1.31 bits per heavy atom. The number of rotatable bonds is 20. The fraction of sp³-hybridized carbons (Fsp3) is 0.451. The summed E-state index contributed by atoms with van der Waals surface area (Å²) in [4.78, 5) is 171. The van der Waals surface area contributed by atoms with Gasteiger partial charge >= 0.3 is 27.3 Å². The highest BCUT2D eigenvalue weighted by Crippen LogP contribution is 2.69. The van der Waals surface area contributed by atoms with Crippen LogP contribution in [0.3, 0.4) is 0 Å². The molecular weight excluding hydrogens is 1650 g/mol. The lowest BCUT2D eigenvalue weighted by atomic mass is 9.86. The summed E-state index contributed by atoms with van der Waals surface area (Å²) in [5, 5.41) is 129. The van der Waals surface area contributed by atoms with Gasteiger partial charge < -0.3 is 163 Å². The van der Waals surface area contributed by atoms with Gasteiger partial charge in [-0.05, 0) is 110 Å². The number of hydrogen-bond acceptors (Lipinski definition) is 31. The monoisotopic (exact) mass is 1740 g/mol. The van der Waals surface area contributed by atoms with Crippen LogP contribution in [-0.2, 0) is 71.2 Å². The number of halogens is 2. The predicted octanol–water partition coefficient (Wildman–Crippen LogP) is -1.36. The highest BCUT2D eigenvalue weighted by Gasteiger charge is 2.59. The minimum absolute atomic E-state index is 0.140. The molecule has 0 aliphatic carbocycles. The van der Waals surface area contributed by atoms with Gasteiger partial charge in [0.1, 0.15) is 89.5 Å². The van der Waals surface area contributed by atoms with Crippen LogP contribution in [0.15, 0.2) is 78.9 Å². The number of ether oxygens (including phenoxy) is 8. The predicted molar refractivity (Wildman–Crippen MR) is 401 cm³/mol. The lowest BCUT2D eigenvalue weighted by Crippen LogP contribution is -2.64. The molecular formula is C71H86Cl2N10O33P2. The van der Waals surface area contributed by atoms with Gasteiger partial charge in [-0.2, -0.15) is 0 Å². The van der Waals surface area contributed by atoms with Crippen LogP contribution in [0.25, 0.3) is 11.1 Å². The van der Waals surface area contributed by atoms with Crippen molar-refractivity contribution in [2.75, 3.05) is 27.0 Å². The molecule has 11 bridgehead atoms. The molecule has 118 heavy (non-hydrogen) atoms. The van der Waals surface area contributed by atoms with Crippen LogP contribution in [0, 0.1) is 5.92 Å². The summed E-state index contributed by atoms with van der Waals surface area (Å²) in [7, 11) is -10.6. The number of primary amides is 1. The Labute approximate surface area is 678 Å². The van der Waals surface area contributed by atoms with Crippen molar-refractivity contribution in [2.24, 2.45) is 17.4 Å². The number of aliphatic hydroxyl groups is 7. The zero-order valence-corrected chi connectivity index (χ0v) is 66.0. The Bertz CT molecular complexity index is 4790. The quantitative estimate of drug-likeness (QED) is 0.0243. The second kappa shape index (κ2) is 36.5. The number of benzene rings is 5. The van der Waals surface area contributed by atoms with E-state index in [0.717, 1.165) is 66.7 Å². The first-order valence-electron chi connectivity index (χ1n) is 35.9. The maximum Gasteiger partial charge on any atom is 0.410 e. The molecule has 642 valence electrons. The SMILES string of the molecule is CNC(CC(C)C)C(=O)NC1C(=O)NC(CC(N)=O)C(=O)NC2C(=O)NC3C(=O)NC(C(=O)N[C@@H](C(=O)OCOC(=O)NCCC(O)(P(=O)(O)O)P(=O)(O)O)c4cc(O)cc(O)c4-c4cc3ccc4O)[C@H](O)c3ccc(c(Cl)c3)Oc3cc2cc(c3OC2OC(CO)C(O)C(O)C2OC2C[C@](C)(N)C(O)C(C)O2)Oc2ccc(cc2Cl)[C@@H]1O. The van der Waals surface area contributed by atoms with Crippen LogP contribution in [0.5, 0.6) is 46.0 Å². The van der Waals surface area contributed by atoms with Crippen molar-refractivity contribution in [2.45, 2.75) is 168 Å². The maximum absolute atomic E-state index is 16.2. The van der Waals surface area contributed by atoms with Crippen LogP contribution in [-0.4, -0.2) is 235 Å². The average molecular weight is 1740 g/mol. The van der Waals surface area contributed by atoms with E-state index in [1.54, 1.807) is 19.2 Å². The standard InChI is InChI=1S/C71H86Cl2N10O33P2/c1-26(2)14-37(76-5)61(94)82-52-54(89)29-7-10-41(35(72)16-29)112-43-18-31-19-44(58(43)116-68-59(57(92)56(91)45(24-84)114-68)115-47-23-70(4,75)60(93)27(3)111-47)113-42-11-8-30(17-36(42)73)55(90)53-66(99)81-51(67(100)109-25-110-69(101)77-13-12-71(102,117(103,104)105)118(106,107)108)34-20-32(85)21-40(87)48(34)33-15-28(6-9-39(33)86)49(63(96)83-53)80-64(97)50(31)79-62(95)38(22-46(74)88)78-65(52)98/h6-11,15-21,26-27,37-38,45,47,49-57,59-60,68,76,84-87,89-93,102H,12-14,22-25,75H2,1-5H3,(H2,74,88)(H,77,101)(H,78,98)(H,79,95)(H,80,97)(H,81,99)(H,82,94)(H,83,96)(H2,103,104,105)(H2,106,107,108)/t27?,37?,38?,45?,47?,49?,50?,51-,52?,53?,54+,55-,56?,57?,59?,60?,68?,70+/m1/s1. The molecule has 0 spiro atoms. The van der Waals surface area contributed by atoms with E-state index in [-0.39, 0.29) is 24.3 Å². The molecule has 2 saturated heterocycles. The molecule has 47 heteroatoms. The Hall–Kier alpha value is -9.67. The molecule has 2 fully saturated rings. The molecule has 5 aromatic rings. The number of carbonyl (C=O) groups is 9. The molecule has 0 aromatic heterocycles. The fourth-order valence-corrected chi connectivity index (χ4v) is 16.2. The van der Waals surface area contributed by atoms with Gasteiger partial charge in [-0.25, -0.2) is 9.59 Å². The van der Waals surface area contributed by atoms with Crippen LogP contribution >= 0.6 is 38.4 Å². The number of esters is 1. The number of phenolic OH excluding ortho intramolecular Hbond substituents is 3. The van der Waals surface area contributed by atoms with E-state index in [0.29, 0.717) is 6.07 Å². The number of nitrogens with one attached hydrogen (secondary N) is 8. The first kappa shape index (κ1) is 90.7. The number of fused-ring (bicyclic) bond motifs is 15. The number of nitrogens with two attached hydrogens (primary N) is 2. The number of carbonyl (C=O) groups excluding carboxylic acids is 9. The molecule has 0 saturated carbocycles. The molecule has 14 unspecified atom stereocenters. The first-order valence-corrected chi connectivity index (χ1v) is 39.9. The molecule has 7 heterocycles. The lowest BCUT2D eigenvalue weighted by molar-refractivity contribution is -0.333. The summed E-state index contributed by atoms with van der Waals surface area (Å²) in [5.74, 6) is -17.3. The lowest BCUT2D eigenvalue weighted by Gasteiger charge is -2.47. The fourth-order valence-electron chi connectivity index (χ4n) is 13.6. The van der Waals surface area contributed by atoms with Crippen molar-refractivity contribution in [3.8, 4) is 57.1 Å². The van der Waals surface area contributed by atoms with Crippen LogP contribution in [0.2, 0.25) is 10.0 Å². The Kier molecular flexibility index (Phi) is 28.0. The molecule has 43 nitrogen and oxygen atoms in total. The normalized spacial score (nSPS) is 27.2. The van der Waals surface area contributed by atoms with Gasteiger partial charge in [-0.15, -0.1) is 0 Å². The number of aliphatic hydroxyl groups excluding tert-OH is 6. The summed E-state index contributed by atoms with van der Waals surface area (Å²) in [6.45, 7) is 2.88. The molecule has 5 aromatic carbocycles. The topological polar surface area (TPSA) is 693 Å². The van der Waals surface area contributed by atoms with E-state index in [1.807, 2.05) is 0 Å². The van der Waals surface area contributed by atoms with Gasteiger partial charge in [-0.3, -0.25) is 42.7 Å². The number of hydrogen-bond donors (Lipinski definition) is 24. The maximum atomic E-state index is 16.2. The van der Waals surface area contributed by atoms with Gasteiger partial charge in [0.2, 0.25) is 60.2 Å². The zero-order chi connectivity index (χ0) is 86.9. The third-order valence-corrected chi connectivity index (χ3v) is 24.3. The van der Waals surface area contributed by atoms with E-state index < -0.39 is 305 Å². The molecule has 12 rings (SSSR count). The molecule has 7 aliphatic heterocycles. The molecule has 26 N–H and O–H groups in total. The van der Waals surface area contributed by atoms with Crippen LogP contribution in [0.1, 0.15) is 112 Å². The summed E-state index contributed by atoms with van der Waals surface area (Å²) in [6.07, 6.45) is -22.5. The summed E-state index contributed by atoms with van der Waals surface area (Å²) < 4.78 is 72.2. The number of aromatic hydroxyl groups is 3. The van der Waals surface area contributed by atoms with E-state index in [9.17, 15) is 104 Å². The first-order chi connectivity index (χ1) is 55.2. The van der Waals surface area contributed by atoms with E-state index >= 15 is 19.2 Å². The molecule has 0 radical (unpaired) electrons. The Balaban J connectivity index is 1.17. The van der Waals surface area contributed by atoms with Gasteiger partial charge in [0.15, 0.2) is 29.9 Å². The number of alkyl carbamates (subject to hydrolysis) is 1. The van der Waals surface area contributed by atoms with Gasteiger partial charge in [0, 0.05) is 47.7 Å². The van der Waals surface area contributed by atoms with Gasteiger partial charge in [-0.1, -0.05) is 55.2 Å². The van der Waals surface area contributed by atoms with Crippen molar-refractivity contribution in [1.29, 1.82) is 0 Å². The minimum Gasteiger partial charge on any atom is -0.508 e. The van der Waals surface area contributed by atoms with Crippen molar-refractivity contribution < 1.29 is 161 Å². The van der Waals surface area contributed by atoms with Crippen molar-refractivity contribution in [3.63, 3.8) is 0 Å². The highest BCUT2D eigenvalue weighted by atomic mass is 35.5. The second-order valence-corrected chi connectivity index (χ2v) is 33.8. The van der Waals surface area contributed by atoms with Gasteiger partial charge in [0.05, 0.1) is 41.3 Å². The Morgan fingerprint density at radius 3 is 1.88 bits per heavy atom. The van der Waals surface area contributed by atoms with Crippen LogP contribution in [0.4, 0.5) is 4.79 Å². The van der Waals surface area contributed by atoms with Gasteiger partial charge in [0.25, 0.3) is 5.08 Å². The third-order valence-electron chi connectivity index (χ3n) is 19.8.